The summed E-state index contributed by atoms with van der Waals surface area (Å²) in [5.41, 5.74) is 6.60. The summed E-state index contributed by atoms with van der Waals surface area (Å²) in [7, 11) is 2.99. The van der Waals surface area contributed by atoms with Gasteiger partial charge in [0, 0.05) is 6.20 Å². The van der Waals surface area contributed by atoms with Crippen LogP contribution in [-0.2, 0) is 0 Å². The van der Waals surface area contributed by atoms with Gasteiger partial charge in [0.15, 0.2) is 0 Å². The smallest absolute Gasteiger partial charge is 0.220 e. The lowest BCUT2D eigenvalue weighted by Gasteiger charge is -2.12. The molecule has 5 nitrogen and oxygen atoms in total. The summed E-state index contributed by atoms with van der Waals surface area (Å²) in [6.07, 6.45) is 1.52. The van der Waals surface area contributed by atoms with Gasteiger partial charge in [-0.05, 0) is 24.3 Å². The van der Waals surface area contributed by atoms with Gasteiger partial charge in [0.05, 0.1) is 19.9 Å². The van der Waals surface area contributed by atoms with Crippen LogP contribution in [0.3, 0.4) is 0 Å². The molecular formula is C14H14N2O3. The molecule has 0 saturated heterocycles. The number of anilines is 1. The van der Waals surface area contributed by atoms with Crippen LogP contribution < -0.4 is 15.2 Å². The van der Waals surface area contributed by atoms with Gasteiger partial charge in [0.1, 0.15) is 22.8 Å². The van der Waals surface area contributed by atoms with E-state index >= 15 is 0 Å². The van der Waals surface area contributed by atoms with E-state index in [2.05, 4.69) is 4.98 Å². The number of carbonyl (C=O) groups is 1. The third kappa shape index (κ3) is 2.35. The fourth-order valence-corrected chi connectivity index (χ4v) is 1.80. The maximum absolute atomic E-state index is 12.5. The molecule has 1 heterocycles. The highest BCUT2D eigenvalue weighted by molar-refractivity contribution is 6.13. The third-order valence-electron chi connectivity index (χ3n) is 2.71. The molecule has 2 rings (SSSR count). The number of rotatable bonds is 4. The predicted molar refractivity (Wildman–Crippen MR) is 71.6 cm³/mol. The zero-order valence-electron chi connectivity index (χ0n) is 10.7. The number of hydrogen-bond acceptors (Lipinski definition) is 5. The van der Waals surface area contributed by atoms with E-state index in [0.29, 0.717) is 22.7 Å². The average molecular weight is 258 g/mol. The summed E-state index contributed by atoms with van der Waals surface area (Å²) in [4.78, 5) is 16.5. The molecule has 0 amide bonds. The van der Waals surface area contributed by atoms with E-state index in [9.17, 15) is 4.79 Å². The molecule has 98 valence electrons. The van der Waals surface area contributed by atoms with Crippen molar-refractivity contribution in [2.24, 2.45) is 0 Å². The third-order valence-corrected chi connectivity index (χ3v) is 2.71. The van der Waals surface area contributed by atoms with Crippen LogP contribution >= 0.6 is 0 Å². The lowest BCUT2D eigenvalue weighted by Crippen LogP contribution is -2.10. The SMILES string of the molecule is COc1cccc(OC)c1C(=O)c1ncccc1N. The average Bonchev–Trinajstić information content (AvgIpc) is 2.46. The Kier molecular flexibility index (Phi) is 3.66. The predicted octanol–water partition coefficient (Wildman–Crippen LogP) is 1.91. The number of nitrogens with two attached hydrogens (primary N) is 1. The second kappa shape index (κ2) is 5.39. The molecule has 1 aromatic carbocycles. The van der Waals surface area contributed by atoms with Crippen LogP contribution in [-0.4, -0.2) is 25.0 Å². The first-order valence-electron chi connectivity index (χ1n) is 5.65. The number of hydrogen-bond donors (Lipinski definition) is 1. The molecule has 5 heteroatoms. The number of benzene rings is 1. The molecule has 2 N–H and O–H groups in total. The Hall–Kier alpha value is -2.56. The number of ether oxygens (including phenoxy) is 2. The zero-order valence-corrected chi connectivity index (χ0v) is 10.7. The first-order valence-corrected chi connectivity index (χ1v) is 5.65. The topological polar surface area (TPSA) is 74.4 Å². The molecule has 2 aromatic rings. The summed E-state index contributed by atoms with van der Waals surface area (Å²) in [6.45, 7) is 0. The van der Waals surface area contributed by atoms with Gasteiger partial charge in [-0.25, -0.2) is 0 Å². The van der Waals surface area contributed by atoms with Crippen molar-refractivity contribution < 1.29 is 14.3 Å². The quantitative estimate of drug-likeness (QED) is 0.848. The molecule has 0 aliphatic heterocycles. The molecule has 0 bridgehead atoms. The van der Waals surface area contributed by atoms with Gasteiger partial charge < -0.3 is 15.2 Å². The minimum Gasteiger partial charge on any atom is -0.496 e. The van der Waals surface area contributed by atoms with Gasteiger partial charge >= 0.3 is 0 Å². The number of ketones is 1. The number of pyridine rings is 1. The zero-order chi connectivity index (χ0) is 13.8. The standard InChI is InChI=1S/C14H14N2O3/c1-18-10-6-3-7-11(19-2)12(10)14(17)13-9(15)5-4-8-16-13/h3-8H,15H2,1-2H3. The van der Waals surface area contributed by atoms with Crippen molar-refractivity contribution in [2.45, 2.75) is 0 Å². The maximum atomic E-state index is 12.5. The van der Waals surface area contributed by atoms with Crippen LogP contribution in [0.2, 0.25) is 0 Å². The lowest BCUT2D eigenvalue weighted by atomic mass is 10.0. The van der Waals surface area contributed by atoms with E-state index in [0.717, 1.165) is 0 Å². The second-order valence-corrected chi connectivity index (χ2v) is 3.81. The van der Waals surface area contributed by atoms with Gasteiger partial charge in [-0.2, -0.15) is 0 Å². The molecular weight excluding hydrogens is 244 g/mol. The molecule has 19 heavy (non-hydrogen) atoms. The van der Waals surface area contributed by atoms with Crippen LogP contribution in [0.4, 0.5) is 5.69 Å². The van der Waals surface area contributed by atoms with Crippen molar-refractivity contribution >= 4 is 11.5 Å². The lowest BCUT2D eigenvalue weighted by molar-refractivity contribution is 0.102. The number of nitrogen functional groups attached to an aromatic ring is 1. The van der Waals surface area contributed by atoms with Crippen molar-refractivity contribution in [3.05, 3.63) is 47.8 Å². The maximum Gasteiger partial charge on any atom is 0.220 e. The normalized spacial score (nSPS) is 10.0. The van der Waals surface area contributed by atoms with Gasteiger partial charge in [0.25, 0.3) is 0 Å². The minimum atomic E-state index is -0.326. The molecule has 0 radical (unpaired) electrons. The molecule has 1 aromatic heterocycles. The molecule has 0 spiro atoms. The van der Waals surface area contributed by atoms with Crippen LogP contribution in [0.25, 0.3) is 0 Å². The molecule has 0 unspecified atom stereocenters. The molecule has 0 aliphatic carbocycles. The van der Waals surface area contributed by atoms with Gasteiger partial charge in [-0.1, -0.05) is 6.07 Å². The Morgan fingerprint density at radius 3 is 2.26 bits per heavy atom. The second-order valence-electron chi connectivity index (χ2n) is 3.81. The van der Waals surface area contributed by atoms with E-state index in [-0.39, 0.29) is 11.5 Å². The van der Waals surface area contributed by atoms with Crippen molar-refractivity contribution in [2.75, 3.05) is 20.0 Å². The summed E-state index contributed by atoms with van der Waals surface area (Å²) in [5.74, 6) is 0.524. The highest BCUT2D eigenvalue weighted by Gasteiger charge is 2.22. The summed E-state index contributed by atoms with van der Waals surface area (Å²) >= 11 is 0. The Bertz CT molecular complexity index is 589. The van der Waals surface area contributed by atoms with Crippen molar-refractivity contribution in [1.29, 1.82) is 0 Å². The number of aromatic nitrogens is 1. The Morgan fingerprint density at radius 2 is 1.74 bits per heavy atom. The largest absolute Gasteiger partial charge is 0.496 e. The summed E-state index contributed by atoms with van der Waals surface area (Å²) in [5, 5.41) is 0. The van der Waals surface area contributed by atoms with Gasteiger partial charge in [0.2, 0.25) is 5.78 Å². The fraction of sp³-hybridized carbons (Fsp3) is 0.143. The van der Waals surface area contributed by atoms with Gasteiger partial charge in [-0.15, -0.1) is 0 Å². The summed E-state index contributed by atoms with van der Waals surface area (Å²) < 4.78 is 10.4. The Morgan fingerprint density at radius 1 is 1.11 bits per heavy atom. The van der Waals surface area contributed by atoms with Gasteiger partial charge in [-0.3, -0.25) is 9.78 Å². The van der Waals surface area contributed by atoms with Crippen LogP contribution in [0, 0.1) is 0 Å². The Balaban J connectivity index is 2.58. The van der Waals surface area contributed by atoms with E-state index in [1.807, 2.05) is 0 Å². The Labute approximate surface area is 111 Å². The first kappa shape index (κ1) is 12.9. The summed E-state index contributed by atoms with van der Waals surface area (Å²) in [6, 6.07) is 8.42. The highest BCUT2D eigenvalue weighted by Crippen LogP contribution is 2.31. The van der Waals surface area contributed by atoms with Crippen LogP contribution in [0.15, 0.2) is 36.5 Å². The monoisotopic (exact) mass is 258 g/mol. The molecule has 0 atom stereocenters. The number of methoxy groups -OCH3 is 2. The van der Waals surface area contributed by atoms with E-state index in [4.69, 9.17) is 15.2 Å². The number of carbonyl (C=O) groups excluding carboxylic acids is 1. The molecule has 0 aliphatic rings. The van der Waals surface area contributed by atoms with E-state index in [1.165, 1.54) is 20.4 Å². The highest BCUT2D eigenvalue weighted by atomic mass is 16.5. The van der Waals surface area contributed by atoms with Crippen molar-refractivity contribution in [3.8, 4) is 11.5 Å². The molecule has 0 fully saturated rings. The van der Waals surface area contributed by atoms with Crippen molar-refractivity contribution in [1.82, 2.24) is 4.98 Å². The first-order chi connectivity index (χ1) is 9.19. The fourth-order valence-electron chi connectivity index (χ4n) is 1.80. The van der Waals surface area contributed by atoms with E-state index < -0.39 is 0 Å². The minimum absolute atomic E-state index is 0.185. The van der Waals surface area contributed by atoms with Crippen LogP contribution in [0.5, 0.6) is 11.5 Å². The van der Waals surface area contributed by atoms with Crippen LogP contribution in [0.1, 0.15) is 16.1 Å². The van der Waals surface area contributed by atoms with E-state index in [1.54, 1.807) is 30.3 Å². The van der Waals surface area contributed by atoms with Crippen molar-refractivity contribution in [3.63, 3.8) is 0 Å². The molecule has 0 saturated carbocycles. The number of nitrogens with zero attached hydrogens (tertiary/aromatic N) is 1.